The zero-order valence-electron chi connectivity index (χ0n) is 12.1. The molecule has 0 spiro atoms. The second-order valence-corrected chi connectivity index (χ2v) is 5.57. The lowest BCUT2D eigenvalue weighted by molar-refractivity contribution is 0.350. The lowest BCUT2D eigenvalue weighted by Gasteiger charge is -2.22. The predicted octanol–water partition coefficient (Wildman–Crippen LogP) is 3.17. The van der Waals surface area contributed by atoms with Crippen LogP contribution in [0, 0.1) is 11.7 Å². The van der Waals surface area contributed by atoms with Crippen molar-refractivity contribution in [3.05, 3.63) is 48.0 Å². The smallest absolute Gasteiger partial charge is 0.137 e. The molecule has 21 heavy (non-hydrogen) atoms. The number of rotatable bonds is 5. The van der Waals surface area contributed by atoms with Crippen molar-refractivity contribution in [2.45, 2.75) is 19.4 Å². The van der Waals surface area contributed by atoms with Gasteiger partial charge in [-0.3, -0.25) is 0 Å². The lowest BCUT2D eigenvalue weighted by Crippen LogP contribution is -2.33. The third-order valence-electron chi connectivity index (χ3n) is 3.99. The van der Waals surface area contributed by atoms with Gasteiger partial charge in [-0.15, -0.1) is 0 Å². The van der Waals surface area contributed by atoms with Gasteiger partial charge in [-0.05, 0) is 62.7 Å². The third kappa shape index (κ3) is 3.71. The van der Waals surface area contributed by atoms with Crippen LogP contribution in [0.15, 0.2) is 40.8 Å². The van der Waals surface area contributed by atoms with Gasteiger partial charge in [0, 0.05) is 0 Å². The molecule has 3 nitrogen and oxygen atoms in total. The van der Waals surface area contributed by atoms with Crippen LogP contribution in [0.1, 0.15) is 18.6 Å². The van der Waals surface area contributed by atoms with E-state index >= 15 is 0 Å². The van der Waals surface area contributed by atoms with Crippen molar-refractivity contribution in [2.24, 2.45) is 5.92 Å². The highest BCUT2D eigenvalue weighted by Crippen LogP contribution is 2.24. The van der Waals surface area contributed by atoms with Crippen LogP contribution >= 0.6 is 0 Å². The van der Waals surface area contributed by atoms with Crippen LogP contribution in [0.25, 0.3) is 11.3 Å². The fourth-order valence-electron chi connectivity index (χ4n) is 2.76. The third-order valence-corrected chi connectivity index (χ3v) is 3.99. The van der Waals surface area contributed by atoms with Gasteiger partial charge < -0.3 is 15.1 Å². The van der Waals surface area contributed by atoms with E-state index in [2.05, 4.69) is 10.6 Å². The van der Waals surface area contributed by atoms with E-state index < -0.39 is 0 Å². The van der Waals surface area contributed by atoms with Crippen molar-refractivity contribution in [1.29, 1.82) is 0 Å². The highest BCUT2D eigenvalue weighted by atomic mass is 19.1. The largest absolute Gasteiger partial charge is 0.460 e. The highest BCUT2D eigenvalue weighted by molar-refractivity contribution is 5.58. The van der Waals surface area contributed by atoms with Gasteiger partial charge in [0.05, 0.1) is 12.1 Å². The van der Waals surface area contributed by atoms with Gasteiger partial charge in [-0.1, -0.05) is 12.1 Å². The van der Waals surface area contributed by atoms with Crippen LogP contribution in [-0.2, 0) is 6.54 Å². The Morgan fingerprint density at radius 1 is 1.14 bits per heavy atom. The number of piperidine rings is 1. The molecule has 3 rings (SSSR count). The first-order valence-electron chi connectivity index (χ1n) is 7.58. The minimum absolute atomic E-state index is 0.249. The van der Waals surface area contributed by atoms with Gasteiger partial charge in [0.2, 0.25) is 0 Å². The zero-order valence-corrected chi connectivity index (χ0v) is 12.1. The molecule has 0 bridgehead atoms. The Bertz CT molecular complexity index is 576. The van der Waals surface area contributed by atoms with Crippen LogP contribution in [0.2, 0.25) is 0 Å². The molecule has 1 aliphatic rings. The quantitative estimate of drug-likeness (QED) is 0.887. The Morgan fingerprint density at radius 3 is 2.76 bits per heavy atom. The summed E-state index contributed by atoms with van der Waals surface area (Å²) in [5, 5.41) is 6.80. The molecule has 1 saturated heterocycles. The number of furan rings is 1. The number of benzene rings is 1. The fraction of sp³-hybridized carbons (Fsp3) is 0.412. The Balaban J connectivity index is 1.54. The van der Waals surface area contributed by atoms with Gasteiger partial charge >= 0.3 is 0 Å². The minimum Gasteiger partial charge on any atom is -0.460 e. The monoisotopic (exact) mass is 288 g/mol. The summed E-state index contributed by atoms with van der Waals surface area (Å²) >= 11 is 0. The summed E-state index contributed by atoms with van der Waals surface area (Å²) in [6, 6.07) is 10.4. The Morgan fingerprint density at radius 2 is 1.95 bits per heavy atom. The molecule has 0 atom stereocenters. The summed E-state index contributed by atoms with van der Waals surface area (Å²) in [5.74, 6) is 1.93. The van der Waals surface area contributed by atoms with Gasteiger partial charge in [-0.2, -0.15) is 0 Å². The molecule has 4 heteroatoms. The summed E-state index contributed by atoms with van der Waals surface area (Å²) in [4.78, 5) is 0. The van der Waals surface area contributed by atoms with Crippen molar-refractivity contribution in [2.75, 3.05) is 19.6 Å². The van der Waals surface area contributed by atoms with Crippen LogP contribution < -0.4 is 10.6 Å². The molecule has 1 aliphatic heterocycles. The Labute approximate surface area is 124 Å². The maximum atomic E-state index is 13.7. The molecule has 0 saturated carbocycles. The van der Waals surface area contributed by atoms with Crippen LogP contribution in [0.4, 0.5) is 4.39 Å². The predicted molar refractivity (Wildman–Crippen MR) is 81.4 cm³/mol. The molecule has 112 valence electrons. The molecule has 0 amide bonds. The molecule has 2 heterocycles. The van der Waals surface area contributed by atoms with E-state index in [1.54, 1.807) is 12.1 Å². The molecule has 2 N–H and O–H groups in total. The van der Waals surface area contributed by atoms with Gasteiger partial charge in [0.15, 0.2) is 0 Å². The minimum atomic E-state index is -0.249. The summed E-state index contributed by atoms with van der Waals surface area (Å²) in [7, 11) is 0. The normalized spacial score (nSPS) is 16.2. The van der Waals surface area contributed by atoms with Gasteiger partial charge in [-0.25, -0.2) is 4.39 Å². The molecular weight excluding hydrogens is 267 g/mol. The lowest BCUT2D eigenvalue weighted by atomic mass is 9.98. The van der Waals surface area contributed by atoms with Crippen LogP contribution in [-0.4, -0.2) is 19.6 Å². The number of halogens is 1. The average Bonchev–Trinajstić information content (AvgIpc) is 2.97. The van der Waals surface area contributed by atoms with E-state index in [0.29, 0.717) is 17.9 Å². The van der Waals surface area contributed by atoms with Crippen LogP contribution in [0.3, 0.4) is 0 Å². The second kappa shape index (κ2) is 6.87. The zero-order chi connectivity index (χ0) is 14.5. The van der Waals surface area contributed by atoms with Gasteiger partial charge in [0.1, 0.15) is 17.3 Å². The first kappa shape index (κ1) is 14.3. The SMILES string of the molecule is Fc1ccccc1-c1ccc(CNCC2CCNCC2)o1. The number of nitrogens with one attached hydrogen (secondary N) is 2. The van der Waals surface area contributed by atoms with E-state index in [-0.39, 0.29) is 5.82 Å². The topological polar surface area (TPSA) is 37.2 Å². The molecule has 2 aromatic rings. The standard InChI is InChI=1S/C17H21FN2O/c18-16-4-2-1-3-15(16)17-6-5-14(21-17)12-20-11-13-7-9-19-10-8-13/h1-6,13,19-20H,7-12H2. The van der Waals surface area contributed by atoms with Crippen LogP contribution in [0.5, 0.6) is 0 Å². The second-order valence-electron chi connectivity index (χ2n) is 5.57. The van der Waals surface area contributed by atoms with E-state index in [1.165, 1.54) is 18.9 Å². The maximum Gasteiger partial charge on any atom is 0.137 e. The van der Waals surface area contributed by atoms with Crippen molar-refractivity contribution in [3.63, 3.8) is 0 Å². The molecular formula is C17H21FN2O. The van der Waals surface area contributed by atoms with Crippen molar-refractivity contribution >= 4 is 0 Å². The molecule has 0 radical (unpaired) electrons. The van der Waals surface area contributed by atoms with E-state index in [4.69, 9.17) is 4.42 Å². The molecule has 0 aliphatic carbocycles. The fourth-order valence-corrected chi connectivity index (χ4v) is 2.76. The molecule has 1 fully saturated rings. The maximum absolute atomic E-state index is 13.7. The van der Waals surface area contributed by atoms with Crippen molar-refractivity contribution in [3.8, 4) is 11.3 Å². The van der Waals surface area contributed by atoms with E-state index in [1.807, 2.05) is 18.2 Å². The first-order chi connectivity index (χ1) is 10.3. The Kier molecular flexibility index (Phi) is 4.68. The van der Waals surface area contributed by atoms with Crippen molar-refractivity contribution < 1.29 is 8.81 Å². The molecule has 0 unspecified atom stereocenters. The molecule has 1 aromatic carbocycles. The van der Waals surface area contributed by atoms with Gasteiger partial charge in [0.25, 0.3) is 0 Å². The highest BCUT2D eigenvalue weighted by Gasteiger charge is 2.13. The first-order valence-corrected chi connectivity index (χ1v) is 7.58. The Hall–Kier alpha value is -1.65. The van der Waals surface area contributed by atoms with E-state index in [9.17, 15) is 4.39 Å². The summed E-state index contributed by atoms with van der Waals surface area (Å²) in [6.07, 6.45) is 2.46. The number of hydrogen-bond acceptors (Lipinski definition) is 3. The van der Waals surface area contributed by atoms with Crippen molar-refractivity contribution in [1.82, 2.24) is 10.6 Å². The summed E-state index contributed by atoms with van der Waals surface area (Å²) in [6.45, 7) is 3.94. The summed E-state index contributed by atoms with van der Waals surface area (Å²) < 4.78 is 19.4. The molecule has 1 aromatic heterocycles. The van der Waals surface area contributed by atoms with E-state index in [0.717, 1.165) is 31.3 Å². The summed E-state index contributed by atoms with van der Waals surface area (Å²) in [5.41, 5.74) is 0.516. The number of hydrogen-bond donors (Lipinski definition) is 2. The average molecular weight is 288 g/mol.